The fourth-order valence-corrected chi connectivity index (χ4v) is 6.20. The van der Waals surface area contributed by atoms with E-state index in [0.717, 1.165) is 38.1 Å². The summed E-state index contributed by atoms with van der Waals surface area (Å²) in [6.07, 6.45) is 10.2. The van der Waals surface area contributed by atoms with Crippen LogP contribution in [-0.4, -0.2) is 17.6 Å². The second kappa shape index (κ2) is 11.0. The maximum Gasteiger partial charge on any atom is 0.306 e. The predicted octanol–water partition coefficient (Wildman–Crippen LogP) is 7.07. The Kier molecular flexibility index (Phi) is 9.18. The van der Waals surface area contributed by atoms with Gasteiger partial charge in [0.2, 0.25) is 0 Å². The highest BCUT2D eigenvalue weighted by Gasteiger charge is 2.50. The standard InChI is InChI=1S/C20H31N.C8H16O2/c1-14(2)15-6-8-17-16(12-15)7-9-18-19(3,13-21)10-5-11-20(17,18)4;1-3-5-6-7(4-2)8(9)10/h6,8,12,14,18H,5,7,9-11,13,21H2,1-4H3;7H,3-6H2,1-2H3,(H,9,10)/t18-,19-,20+;/m0./s1. The van der Waals surface area contributed by atoms with Crippen molar-refractivity contribution in [2.45, 2.75) is 111 Å². The van der Waals surface area contributed by atoms with Gasteiger partial charge in [-0.3, -0.25) is 4.79 Å². The minimum Gasteiger partial charge on any atom is -0.481 e. The number of rotatable bonds is 7. The molecule has 3 rings (SSSR count). The maximum absolute atomic E-state index is 10.4. The van der Waals surface area contributed by atoms with Crippen molar-refractivity contribution in [3.63, 3.8) is 0 Å². The van der Waals surface area contributed by atoms with Gasteiger partial charge in [-0.2, -0.15) is 0 Å². The molecule has 2 aliphatic carbocycles. The van der Waals surface area contributed by atoms with Crippen LogP contribution in [0.25, 0.3) is 0 Å². The molecule has 0 aliphatic heterocycles. The predicted molar refractivity (Wildman–Crippen MR) is 132 cm³/mol. The first-order valence-electron chi connectivity index (χ1n) is 12.7. The Morgan fingerprint density at radius 3 is 2.48 bits per heavy atom. The van der Waals surface area contributed by atoms with Crippen molar-refractivity contribution in [2.24, 2.45) is 23.0 Å². The average Bonchev–Trinajstić information content (AvgIpc) is 2.74. The van der Waals surface area contributed by atoms with Gasteiger partial charge < -0.3 is 10.8 Å². The Morgan fingerprint density at radius 2 is 1.94 bits per heavy atom. The third-order valence-corrected chi connectivity index (χ3v) is 8.38. The molecule has 3 N–H and O–H groups in total. The van der Waals surface area contributed by atoms with E-state index in [1.165, 1.54) is 37.7 Å². The third-order valence-electron chi connectivity index (χ3n) is 8.38. The molecule has 1 saturated carbocycles. The van der Waals surface area contributed by atoms with E-state index < -0.39 is 5.97 Å². The van der Waals surface area contributed by atoms with Gasteiger partial charge in [-0.25, -0.2) is 0 Å². The van der Waals surface area contributed by atoms with E-state index in [2.05, 4.69) is 52.8 Å². The van der Waals surface area contributed by atoms with E-state index in [1.807, 2.05) is 6.92 Å². The van der Waals surface area contributed by atoms with Crippen molar-refractivity contribution < 1.29 is 9.90 Å². The third kappa shape index (κ3) is 5.72. The van der Waals surface area contributed by atoms with E-state index in [-0.39, 0.29) is 5.92 Å². The molecule has 0 amide bonds. The molecule has 176 valence electrons. The maximum atomic E-state index is 10.4. The SMILES string of the molecule is CC(C)c1ccc2c(c1)CC[C@H]1[C@](C)(CN)CCC[C@]21C.CCCCC(CC)C(=O)O. The second-order valence-electron chi connectivity index (χ2n) is 10.9. The van der Waals surface area contributed by atoms with Crippen LogP contribution in [0.2, 0.25) is 0 Å². The number of aryl methyl sites for hydroxylation is 1. The van der Waals surface area contributed by atoms with Crippen LogP contribution < -0.4 is 5.73 Å². The first-order chi connectivity index (χ1) is 14.6. The summed E-state index contributed by atoms with van der Waals surface area (Å²) in [6.45, 7) is 14.4. The van der Waals surface area contributed by atoms with Crippen LogP contribution in [0.3, 0.4) is 0 Å². The zero-order valence-electron chi connectivity index (χ0n) is 21.0. The Labute approximate surface area is 191 Å². The second-order valence-corrected chi connectivity index (χ2v) is 10.9. The molecule has 0 heterocycles. The van der Waals surface area contributed by atoms with Crippen molar-refractivity contribution in [3.05, 3.63) is 34.9 Å². The van der Waals surface area contributed by atoms with E-state index in [0.29, 0.717) is 16.7 Å². The number of benzene rings is 1. The first-order valence-corrected chi connectivity index (χ1v) is 12.7. The summed E-state index contributed by atoms with van der Waals surface area (Å²) in [4.78, 5) is 10.4. The van der Waals surface area contributed by atoms with Crippen LogP contribution >= 0.6 is 0 Å². The number of hydrogen-bond donors (Lipinski definition) is 2. The summed E-state index contributed by atoms with van der Waals surface area (Å²) >= 11 is 0. The highest BCUT2D eigenvalue weighted by atomic mass is 16.4. The molecule has 4 atom stereocenters. The molecule has 3 heteroatoms. The van der Waals surface area contributed by atoms with Gasteiger partial charge in [0.05, 0.1) is 5.92 Å². The Balaban J connectivity index is 0.000000291. The highest BCUT2D eigenvalue weighted by molar-refractivity contribution is 5.69. The van der Waals surface area contributed by atoms with Gasteiger partial charge in [-0.05, 0) is 84.4 Å². The monoisotopic (exact) mass is 429 g/mol. The van der Waals surface area contributed by atoms with Crippen molar-refractivity contribution >= 4 is 5.97 Å². The van der Waals surface area contributed by atoms with Crippen LogP contribution in [0.4, 0.5) is 0 Å². The number of carboxylic acid groups (broad SMARTS) is 1. The molecule has 31 heavy (non-hydrogen) atoms. The number of carboxylic acids is 1. The summed E-state index contributed by atoms with van der Waals surface area (Å²) in [7, 11) is 0. The lowest BCUT2D eigenvalue weighted by Crippen LogP contribution is -2.51. The van der Waals surface area contributed by atoms with Gasteiger partial charge in [-0.1, -0.05) is 79.0 Å². The van der Waals surface area contributed by atoms with Crippen molar-refractivity contribution in [1.29, 1.82) is 0 Å². The fourth-order valence-electron chi connectivity index (χ4n) is 6.20. The smallest absolute Gasteiger partial charge is 0.306 e. The van der Waals surface area contributed by atoms with Gasteiger partial charge in [0.15, 0.2) is 0 Å². The largest absolute Gasteiger partial charge is 0.481 e. The molecular weight excluding hydrogens is 382 g/mol. The molecule has 1 unspecified atom stereocenters. The Morgan fingerprint density at radius 1 is 1.23 bits per heavy atom. The number of fused-ring (bicyclic) bond motifs is 3. The highest BCUT2D eigenvalue weighted by Crippen LogP contribution is 2.56. The summed E-state index contributed by atoms with van der Waals surface area (Å²) in [6, 6.07) is 7.29. The minimum atomic E-state index is -0.643. The van der Waals surface area contributed by atoms with Gasteiger partial charge in [0, 0.05) is 0 Å². The van der Waals surface area contributed by atoms with Crippen LogP contribution in [0.5, 0.6) is 0 Å². The number of nitrogens with two attached hydrogens (primary N) is 1. The summed E-state index contributed by atoms with van der Waals surface area (Å²) in [5.41, 5.74) is 11.6. The zero-order valence-corrected chi connectivity index (χ0v) is 21.0. The molecule has 0 spiro atoms. The first kappa shape index (κ1) is 25.9. The zero-order chi connectivity index (χ0) is 23.2. The molecule has 2 aliphatic rings. The summed E-state index contributed by atoms with van der Waals surface area (Å²) < 4.78 is 0. The lowest BCUT2D eigenvalue weighted by molar-refractivity contribution is -0.142. The average molecular weight is 430 g/mol. The lowest BCUT2D eigenvalue weighted by Gasteiger charge is -2.55. The van der Waals surface area contributed by atoms with Crippen molar-refractivity contribution in [2.75, 3.05) is 6.54 Å². The molecule has 0 aromatic heterocycles. The van der Waals surface area contributed by atoms with E-state index in [4.69, 9.17) is 10.8 Å². The van der Waals surface area contributed by atoms with Crippen LogP contribution in [0.15, 0.2) is 18.2 Å². The van der Waals surface area contributed by atoms with E-state index in [9.17, 15) is 4.79 Å². The molecule has 1 fully saturated rings. The Bertz CT molecular complexity index is 728. The summed E-state index contributed by atoms with van der Waals surface area (Å²) in [5, 5.41) is 8.60. The molecule has 0 bridgehead atoms. The van der Waals surface area contributed by atoms with Crippen molar-refractivity contribution in [1.82, 2.24) is 0 Å². The minimum absolute atomic E-state index is 0.111. The fraction of sp³-hybridized carbons (Fsp3) is 0.750. The topological polar surface area (TPSA) is 63.3 Å². The molecule has 1 aromatic rings. The van der Waals surface area contributed by atoms with Gasteiger partial charge >= 0.3 is 5.97 Å². The van der Waals surface area contributed by atoms with E-state index >= 15 is 0 Å². The van der Waals surface area contributed by atoms with Crippen LogP contribution in [0.1, 0.15) is 116 Å². The number of aliphatic carboxylic acids is 1. The molecular formula is C28H47NO2. The van der Waals surface area contributed by atoms with Gasteiger partial charge in [0.1, 0.15) is 0 Å². The van der Waals surface area contributed by atoms with Crippen molar-refractivity contribution in [3.8, 4) is 0 Å². The van der Waals surface area contributed by atoms with Gasteiger partial charge in [0.25, 0.3) is 0 Å². The number of unbranched alkanes of at least 4 members (excludes halogenated alkanes) is 1. The van der Waals surface area contributed by atoms with Crippen LogP contribution in [0, 0.1) is 17.3 Å². The van der Waals surface area contributed by atoms with E-state index in [1.54, 1.807) is 11.1 Å². The Hall–Kier alpha value is -1.35. The normalized spacial score (nSPS) is 28.2. The molecule has 1 aromatic carbocycles. The van der Waals surface area contributed by atoms with Crippen LogP contribution in [-0.2, 0) is 16.6 Å². The summed E-state index contributed by atoms with van der Waals surface area (Å²) in [5.74, 6) is 0.624. The quantitative estimate of drug-likeness (QED) is 0.487. The number of carbonyl (C=O) groups is 1. The lowest BCUT2D eigenvalue weighted by atomic mass is 9.50. The molecule has 0 saturated heterocycles. The molecule has 3 nitrogen and oxygen atoms in total. The van der Waals surface area contributed by atoms with Gasteiger partial charge in [-0.15, -0.1) is 0 Å². The molecule has 0 radical (unpaired) electrons. The number of hydrogen-bond acceptors (Lipinski definition) is 2.